The lowest BCUT2D eigenvalue weighted by atomic mass is 9.60. The Bertz CT molecular complexity index is 1060. The second-order valence-corrected chi connectivity index (χ2v) is 9.25. The molecular weight excluding hydrogens is 372 g/mol. The molecule has 2 aromatic carbocycles. The van der Waals surface area contributed by atoms with E-state index in [1.807, 2.05) is 12.1 Å². The molecule has 1 N–H and O–H groups in total. The van der Waals surface area contributed by atoms with Gasteiger partial charge in [0.2, 0.25) is 0 Å². The minimum atomic E-state index is -0.933. The molecule has 1 aliphatic heterocycles. The van der Waals surface area contributed by atoms with Crippen molar-refractivity contribution in [3.63, 3.8) is 0 Å². The van der Waals surface area contributed by atoms with E-state index in [0.29, 0.717) is 12.0 Å². The number of piperidine rings is 1. The number of benzene rings is 2. The van der Waals surface area contributed by atoms with Crippen molar-refractivity contribution in [1.82, 2.24) is 4.90 Å². The number of carboxylic acids is 1. The Balaban J connectivity index is 1.29. The Kier molecular flexibility index (Phi) is 4.34. The summed E-state index contributed by atoms with van der Waals surface area (Å²) in [6.45, 7) is 4.45. The molecule has 1 unspecified atom stereocenters. The average Bonchev–Trinajstić information content (AvgIpc) is 3.10. The predicted octanol–water partition coefficient (Wildman–Crippen LogP) is 4.62. The quantitative estimate of drug-likeness (QED) is 0.820. The molecule has 2 fully saturated rings. The maximum atomic E-state index is 11.1. The Morgan fingerprint density at radius 3 is 2.57 bits per heavy atom. The smallest absolute Gasteiger partial charge is 0.335 e. The molecule has 2 aliphatic carbocycles. The molecule has 0 bridgehead atoms. The summed E-state index contributed by atoms with van der Waals surface area (Å²) >= 11 is 0. The number of carboxylic acid groups (broad SMARTS) is 1. The van der Waals surface area contributed by atoms with E-state index >= 15 is 0 Å². The zero-order valence-corrected chi connectivity index (χ0v) is 17.2. The molecule has 1 saturated carbocycles. The van der Waals surface area contributed by atoms with E-state index in [2.05, 4.69) is 54.3 Å². The van der Waals surface area contributed by atoms with E-state index in [1.54, 1.807) is 12.1 Å². The van der Waals surface area contributed by atoms with Gasteiger partial charge in [0.05, 0.1) is 17.0 Å². The first-order valence-electron chi connectivity index (χ1n) is 10.8. The van der Waals surface area contributed by atoms with Crippen molar-refractivity contribution >= 4 is 12.0 Å². The summed E-state index contributed by atoms with van der Waals surface area (Å²) in [5.74, 6) is -0.407. The number of nitriles is 1. The summed E-state index contributed by atoms with van der Waals surface area (Å²) in [5, 5.41) is 19.0. The van der Waals surface area contributed by atoms with Crippen LogP contribution in [0.1, 0.15) is 53.2 Å². The third-order valence-electron chi connectivity index (χ3n) is 7.81. The lowest BCUT2D eigenvalue weighted by Gasteiger charge is -2.53. The van der Waals surface area contributed by atoms with E-state index in [4.69, 9.17) is 5.11 Å². The molecule has 2 atom stereocenters. The molecule has 5 rings (SSSR count). The molecular formula is C26H26N2O2. The molecule has 4 heteroatoms. The summed E-state index contributed by atoms with van der Waals surface area (Å²) in [6, 6.07) is 18.6. The van der Waals surface area contributed by atoms with Crippen molar-refractivity contribution < 1.29 is 9.90 Å². The number of hydrogen-bond donors (Lipinski definition) is 1. The number of likely N-dealkylation sites (tertiary alicyclic amines) is 1. The van der Waals surface area contributed by atoms with Crippen LogP contribution in [0.15, 0.2) is 54.6 Å². The standard InChI is InChI=1S/C26H26N2O2/c1-18-16-28(13-12-26(18)11-10-19-4-2-3-5-23(19)26)22-14-25(15-22,17-27)21-8-6-20(7-9-21)24(29)30/h2-11,18,22H,12-16H2,1H3,(H,29,30)/t18-,22?,25?,26?/m0/s1. The Labute approximate surface area is 177 Å². The van der Waals surface area contributed by atoms with Crippen LogP contribution in [-0.2, 0) is 10.8 Å². The van der Waals surface area contributed by atoms with Gasteiger partial charge in [-0.25, -0.2) is 4.79 Å². The Morgan fingerprint density at radius 1 is 1.17 bits per heavy atom. The zero-order valence-electron chi connectivity index (χ0n) is 17.2. The minimum Gasteiger partial charge on any atom is -0.478 e. The van der Waals surface area contributed by atoms with Crippen molar-refractivity contribution in [2.45, 2.75) is 43.1 Å². The van der Waals surface area contributed by atoms with Crippen LogP contribution in [0.5, 0.6) is 0 Å². The van der Waals surface area contributed by atoms with Gasteiger partial charge in [-0.1, -0.05) is 55.5 Å². The van der Waals surface area contributed by atoms with Crippen LogP contribution in [0.25, 0.3) is 6.08 Å². The van der Waals surface area contributed by atoms with Gasteiger partial charge in [-0.3, -0.25) is 4.90 Å². The third-order valence-corrected chi connectivity index (χ3v) is 7.81. The third kappa shape index (κ3) is 2.73. The number of allylic oxidation sites excluding steroid dienone is 1. The number of hydrogen-bond acceptors (Lipinski definition) is 3. The second-order valence-electron chi connectivity index (χ2n) is 9.25. The fourth-order valence-corrected chi connectivity index (χ4v) is 5.88. The van der Waals surface area contributed by atoms with Crippen molar-refractivity contribution in [2.75, 3.05) is 13.1 Å². The van der Waals surface area contributed by atoms with E-state index < -0.39 is 11.4 Å². The first kappa shape index (κ1) is 19.1. The second kappa shape index (κ2) is 6.82. The Hall–Kier alpha value is -2.90. The summed E-state index contributed by atoms with van der Waals surface area (Å²) in [6.07, 6.45) is 7.46. The van der Waals surface area contributed by atoms with Crippen molar-refractivity contribution in [2.24, 2.45) is 5.92 Å². The highest BCUT2D eigenvalue weighted by Crippen LogP contribution is 2.51. The normalized spacial score (nSPS) is 32.4. The topological polar surface area (TPSA) is 64.3 Å². The van der Waals surface area contributed by atoms with Crippen LogP contribution in [0, 0.1) is 17.2 Å². The van der Waals surface area contributed by atoms with E-state index in [0.717, 1.165) is 37.9 Å². The maximum Gasteiger partial charge on any atom is 0.335 e. The van der Waals surface area contributed by atoms with Gasteiger partial charge in [0.15, 0.2) is 0 Å². The van der Waals surface area contributed by atoms with E-state index in [9.17, 15) is 10.1 Å². The molecule has 30 heavy (non-hydrogen) atoms. The molecule has 3 aliphatic rings. The SMILES string of the molecule is C[C@H]1CN(C2CC(C#N)(c3ccc(C(=O)O)cc3)C2)CCC12C=Cc1ccccc12. The number of rotatable bonds is 3. The van der Waals surface area contributed by atoms with Gasteiger partial charge in [-0.05, 0) is 60.5 Å². The molecule has 0 aromatic heterocycles. The highest BCUT2D eigenvalue weighted by Gasteiger charge is 2.51. The number of fused-ring (bicyclic) bond motifs is 2. The van der Waals surface area contributed by atoms with Crippen LogP contribution < -0.4 is 0 Å². The van der Waals surface area contributed by atoms with Gasteiger partial charge in [0.25, 0.3) is 0 Å². The molecule has 1 saturated heterocycles. The van der Waals surface area contributed by atoms with Crippen LogP contribution >= 0.6 is 0 Å². The van der Waals surface area contributed by atoms with Gasteiger partial charge in [-0.15, -0.1) is 0 Å². The van der Waals surface area contributed by atoms with Crippen molar-refractivity contribution in [3.8, 4) is 6.07 Å². The summed E-state index contributed by atoms with van der Waals surface area (Å²) < 4.78 is 0. The van der Waals surface area contributed by atoms with Crippen LogP contribution in [0.4, 0.5) is 0 Å². The first-order valence-corrected chi connectivity index (χ1v) is 10.8. The maximum absolute atomic E-state index is 11.1. The summed E-state index contributed by atoms with van der Waals surface area (Å²) in [5.41, 5.74) is 3.70. The number of carbonyl (C=O) groups is 1. The fourth-order valence-electron chi connectivity index (χ4n) is 5.88. The molecule has 152 valence electrons. The van der Waals surface area contributed by atoms with E-state index in [-0.39, 0.29) is 11.0 Å². The molecule has 0 radical (unpaired) electrons. The lowest BCUT2D eigenvalue weighted by Crippen LogP contribution is -2.58. The van der Waals surface area contributed by atoms with Crippen LogP contribution in [0.2, 0.25) is 0 Å². The highest BCUT2D eigenvalue weighted by atomic mass is 16.4. The molecule has 2 aromatic rings. The van der Waals surface area contributed by atoms with Gasteiger partial charge in [0, 0.05) is 18.0 Å². The minimum absolute atomic E-state index is 0.149. The number of nitrogens with zero attached hydrogens (tertiary/aromatic N) is 2. The monoisotopic (exact) mass is 398 g/mol. The van der Waals surface area contributed by atoms with Crippen molar-refractivity contribution in [1.29, 1.82) is 5.26 Å². The van der Waals surface area contributed by atoms with E-state index in [1.165, 1.54) is 11.1 Å². The molecule has 1 spiro atoms. The van der Waals surface area contributed by atoms with Crippen molar-refractivity contribution in [3.05, 3.63) is 76.9 Å². The zero-order chi connectivity index (χ0) is 20.9. The summed E-state index contributed by atoms with van der Waals surface area (Å²) in [4.78, 5) is 13.7. The molecule has 0 amide bonds. The van der Waals surface area contributed by atoms with Gasteiger partial charge >= 0.3 is 5.97 Å². The van der Waals surface area contributed by atoms with Gasteiger partial charge < -0.3 is 5.11 Å². The molecule has 4 nitrogen and oxygen atoms in total. The lowest BCUT2D eigenvalue weighted by molar-refractivity contribution is 0.0256. The Morgan fingerprint density at radius 2 is 1.90 bits per heavy atom. The molecule has 1 heterocycles. The van der Waals surface area contributed by atoms with Crippen LogP contribution in [0.3, 0.4) is 0 Å². The van der Waals surface area contributed by atoms with Gasteiger partial charge in [-0.2, -0.15) is 5.26 Å². The fraction of sp³-hybridized carbons (Fsp3) is 0.385. The highest BCUT2D eigenvalue weighted by molar-refractivity contribution is 5.87. The average molecular weight is 399 g/mol. The van der Waals surface area contributed by atoms with Gasteiger partial charge in [0.1, 0.15) is 0 Å². The number of aromatic carboxylic acids is 1. The first-order chi connectivity index (χ1) is 14.5. The largest absolute Gasteiger partial charge is 0.478 e. The summed E-state index contributed by atoms with van der Waals surface area (Å²) in [7, 11) is 0. The predicted molar refractivity (Wildman–Crippen MR) is 116 cm³/mol. The van der Waals surface area contributed by atoms with Crippen LogP contribution in [-0.4, -0.2) is 35.1 Å².